The number of nitrogen functional groups attached to an aromatic ring is 1. The van der Waals surface area contributed by atoms with E-state index in [1.54, 1.807) is 7.05 Å². The molecule has 0 bridgehead atoms. The van der Waals surface area contributed by atoms with Gasteiger partial charge in [0.1, 0.15) is 9.71 Å². The van der Waals surface area contributed by atoms with Crippen LogP contribution in [0.5, 0.6) is 0 Å². The average molecular weight is 419 g/mol. The summed E-state index contributed by atoms with van der Waals surface area (Å²) in [5.41, 5.74) is 14.8. The Morgan fingerprint density at radius 3 is 2.40 bits per heavy atom. The molecule has 5 N–H and O–H groups in total. The fraction of sp³-hybridized carbons (Fsp3) is 0.0476. The van der Waals surface area contributed by atoms with Gasteiger partial charge in [0.25, 0.3) is 0 Å². The van der Waals surface area contributed by atoms with Gasteiger partial charge in [-0.3, -0.25) is 0 Å². The maximum atomic E-state index is 12.2. The third kappa shape index (κ3) is 3.53. The monoisotopic (exact) mass is 419 g/mol. The van der Waals surface area contributed by atoms with Crippen molar-refractivity contribution in [3.8, 4) is 22.4 Å². The minimum absolute atomic E-state index is 0.0480. The SMILES string of the molecule is CNc1nc(-c2cccc(-c3ccccc3)c2)c2c(N)c(C(=O)OC(N)=O)sc2n1. The van der Waals surface area contributed by atoms with Gasteiger partial charge in [-0.05, 0) is 17.2 Å². The van der Waals surface area contributed by atoms with Crippen LogP contribution in [0.2, 0.25) is 0 Å². The number of fused-ring (bicyclic) bond motifs is 1. The van der Waals surface area contributed by atoms with Gasteiger partial charge in [-0.15, -0.1) is 11.3 Å². The minimum atomic E-state index is -1.20. The Bertz CT molecular complexity index is 1270. The fourth-order valence-electron chi connectivity index (χ4n) is 3.11. The zero-order valence-electron chi connectivity index (χ0n) is 15.9. The van der Waals surface area contributed by atoms with Crippen molar-refractivity contribution < 1.29 is 14.3 Å². The summed E-state index contributed by atoms with van der Waals surface area (Å²) in [5, 5.41) is 3.43. The molecule has 30 heavy (non-hydrogen) atoms. The van der Waals surface area contributed by atoms with E-state index in [9.17, 15) is 9.59 Å². The highest BCUT2D eigenvalue weighted by Crippen LogP contribution is 2.40. The number of nitrogens with one attached hydrogen (secondary N) is 1. The maximum Gasteiger partial charge on any atom is 0.412 e. The molecular weight excluding hydrogens is 402 g/mol. The van der Waals surface area contributed by atoms with Gasteiger partial charge in [0.15, 0.2) is 0 Å². The molecule has 2 aromatic heterocycles. The van der Waals surface area contributed by atoms with Crippen molar-refractivity contribution in [2.24, 2.45) is 5.73 Å². The van der Waals surface area contributed by atoms with Crippen LogP contribution >= 0.6 is 11.3 Å². The van der Waals surface area contributed by atoms with Gasteiger partial charge in [-0.25, -0.2) is 19.6 Å². The van der Waals surface area contributed by atoms with Gasteiger partial charge in [-0.1, -0.05) is 48.5 Å². The summed E-state index contributed by atoms with van der Waals surface area (Å²) in [6.45, 7) is 0. The highest BCUT2D eigenvalue weighted by molar-refractivity contribution is 7.21. The molecule has 0 saturated carbocycles. The number of amides is 1. The average Bonchev–Trinajstić information content (AvgIpc) is 3.10. The van der Waals surface area contributed by atoms with E-state index in [0.717, 1.165) is 28.0 Å². The Balaban J connectivity index is 1.91. The molecule has 0 atom stereocenters. The van der Waals surface area contributed by atoms with E-state index in [2.05, 4.69) is 20.0 Å². The molecule has 8 nitrogen and oxygen atoms in total. The Morgan fingerprint density at radius 1 is 1.00 bits per heavy atom. The number of esters is 1. The normalized spacial score (nSPS) is 10.7. The molecule has 0 saturated heterocycles. The third-order valence-electron chi connectivity index (χ3n) is 4.43. The number of nitrogens with zero attached hydrogens (tertiary/aromatic N) is 2. The first kappa shape index (κ1) is 19.3. The van der Waals surface area contributed by atoms with Gasteiger partial charge in [0.05, 0.1) is 16.8 Å². The zero-order chi connectivity index (χ0) is 21.3. The summed E-state index contributed by atoms with van der Waals surface area (Å²) in [6.07, 6.45) is -1.20. The molecule has 1 amide bonds. The Labute approximate surface area is 175 Å². The van der Waals surface area contributed by atoms with Crippen molar-refractivity contribution in [2.45, 2.75) is 0 Å². The molecule has 0 radical (unpaired) electrons. The number of carbonyl (C=O) groups is 2. The summed E-state index contributed by atoms with van der Waals surface area (Å²) in [5.74, 6) is -0.545. The molecule has 0 aliphatic heterocycles. The Kier molecular flexibility index (Phi) is 5.03. The number of anilines is 2. The van der Waals surface area contributed by atoms with Crippen LogP contribution in [0.3, 0.4) is 0 Å². The first-order chi connectivity index (χ1) is 14.5. The lowest BCUT2D eigenvalue weighted by atomic mass is 10.0. The van der Waals surface area contributed by atoms with Crippen LogP contribution in [0.4, 0.5) is 16.4 Å². The number of rotatable bonds is 4. The second-order valence-corrected chi connectivity index (χ2v) is 7.33. The van der Waals surface area contributed by atoms with Crippen molar-refractivity contribution >= 4 is 45.3 Å². The lowest BCUT2D eigenvalue weighted by Crippen LogP contribution is -2.18. The molecular formula is C21H17N5O3S. The number of aromatic nitrogens is 2. The van der Waals surface area contributed by atoms with Crippen molar-refractivity contribution in [1.82, 2.24) is 9.97 Å². The van der Waals surface area contributed by atoms with Gasteiger partial charge in [0, 0.05) is 12.6 Å². The summed E-state index contributed by atoms with van der Waals surface area (Å²) >= 11 is 1.01. The van der Waals surface area contributed by atoms with E-state index >= 15 is 0 Å². The van der Waals surface area contributed by atoms with Crippen LogP contribution in [-0.2, 0) is 4.74 Å². The van der Waals surface area contributed by atoms with Crippen LogP contribution in [0.25, 0.3) is 32.6 Å². The molecule has 9 heteroatoms. The standard InChI is InChI=1S/C21H17N5O3S/c1-24-21-25-16(13-9-5-8-12(10-13)11-6-3-2-4-7-11)14-15(22)17(30-18(14)26-21)19(27)29-20(23)28/h2-10H,22H2,1H3,(H2,23,28)(H,24,25,26). The molecule has 0 unspecified atom stereocenters. The van der Waals surface area contributed by atoms with Crippen LogP contribution in [0.1, 0.15) is 9.67 Å². The van der Waals surface area contributed by atoms with Crippen LogP contribution in [-0.4, -0.2) is 29.1 Å². The van der Waals surface area contributed by atoms with Gasteiger partial charge >= 0.3 is 12.1 Å². The first-order valence-corrected chi connectivity index (χ1v) is 9.75. The zero-order valence-corrected chi connectivity index (χ0v) is 16.7. The van der Waals surface area contributed by atoms with Crippen molar-refractivity contribution in [2.75, 3.05) is 18.1 Å². The topological polar surface area (TPSA) is 133 Å². The summed E-state index contributed by atoms with van der Waals surface area (Å²) < 4.78 is 4.49. The second kappa shape index (κ2) is 7.80. The number of nitrogens with two attached hydrogens (primary N) is 2. The number of thiophene rings is 1. The lowest BCUT2D eigenvalue weighted by molar-refractivity contribution is 0.0644. The van der Waals surface area contributed by atoms with Gasteiger partial charge in [-0.2, -0.15) is 0 Å². The molecule has 0 fully saturated rings. The van der Waals surface area contributed by atoms with Crippen LogP contribution in [0.15, 0.2) is 54.6 Å². The third-order valence-corrected chi connectivity index (χ3v) is 5.51. The predicted molar refractivity (Wildman–Crippen MR) is 117 cm³/mol. The van der Waals surface area contributed by atoms with Crippen LogP contribution in [0, 0.1) is 0 Å². The summed E-state index contributed by atoms with van der Waals surface area (Å²) in [7, 11) is 1.70. The highest BCUT2D eigenvalue weighted by Gasteiger charge is 2.24. The molecule has 150 valence electrons. The number of ether oxygens (including phenoxy) is 1. The number of hydrogen-bond acceptors (Lipinski definition) is 8. The summed E-state index contributed by atoms with van der Waals surface area (Å²) in [4.78, 5) is 32.7. The molecule has 0 spiro atoms. The van der Waals surface area contributed by atoms with Gasteiger partial charge < -0.3 is 21.5 Å². The maximum absolute atomic E-state index is 12.2. The van der Waals surface area contributed by atoms with E-state index in [0.29, 0.717) is 21.9 Å². The molecule has 2 heterocycles. The van der Waals surface area contributed by atoms with E-state index < -0.39 is 12.1 Å². The highest BCUT2D eigenvalue weighted by atomic mass is 32.1. The van der Waals surface area contributed by atoms with Crippen molar-refractivity contribution in [3.05, 3.63) is 59.5 Å². The van der Waals surface area contributed by atoms with E-state index in [-0.39, 0.29) is 10.6 Å². The lowest BCUT2D eigenvalue weighted by Gasteiger charge is -2.09. The minimum Gasteiger partial charge on any atom is -0.397 e. The van der Waals surface area contributed by atoms with Crippen LogP contribution < -0.4 is 16.8 Å². The van der Waals surface area contributed by atoms with E-state index in [4.69, 9.17) is 11.5 Å². The Morgan fingerprint density at radius 2 is 1.70 bits per heavy atom. The first-order valence-electron chi connectivity index (χ1n) is 8.93. The van der Waals surface area contributed by atoms with Crippen molar-refractivity contribution in [3.63, 3.8) is 0 Å². The number of hydrogen-bond donors (Lipinski definition) is 3. The Hall–Kier alpha value is -3.98. The molecule has 4 aromatic rings. The number of carbonyl (C=O) groups excluding carboxylic acids is 2. The van der Waals surface area contributed by atoms with Gasteiger partial charge in [0.2, 0.25) is 5.95 Å². The predicted octanol–water partition coefficient (Wildman–Crippen LogP) is 3.88. The van der Waals surface area contributed by atoms with E-state index in [1.807, 2.05) is 54.6 Å². The fourth-order valence-corrected chi connectivity index (χ4v) is 4.08. The molecule has 2 aromatic carbocycles. The van der Waals surface area contributed by atoms with Crippen molar-refractivity contribution in [1.29, 1.82) is 0 Å². The number of benzene rings is 2. The quantitative estimate of drug-likeness (QED) is 0.337. The smallest absolute Gasteiger partial charge is 0.397 e. The molecule has 0 aliphatic rings. The van der Waals surface area contributed by atoms with E-state index in [1.165, 1.54) is 0 Å². The molecule has 4 rings (SSSR count). The summed E-state index contributed by atoms with van der Waals surface area (Å²) in [6, 6.07) is 17.8. The largest absolute Gasteiger partial charge is 0.412 e. The molecule has 0 aliphatic carbocycles. The second-order valence-electron chi connectivity index (χ2n) is 6.33. The number of primary amides is 1.